The van der Waals surface area contributed by atoms with E-state index in [1.165, 1.54) is 37.6 Å². The molecule has 1 fully saturated rings. The van der Waals surface area contributed by atoms with Crippen molar-refractivity contribution in [3.63, 3.8) is 0 Å². The number of anilines is 1. The maximum absolute atomic E-state index is 12.1. The molecule has 1 N–H and O–H groups in total. The number of aromatic nitrogens is 2. The Morgan fingerprint density at radius 3 is 2.54 bits per heavy atom. The largest absolute Gasteiger partial charge is 0.459 e. The molecule has 1 aromatic carbocycles. The second-order valence-electron chi connectivity index (χ2n) is 7.08. The highest BCUT2D eigenvalue weighted by atomic mass is 16.5. The van der Waals surface area contributed by atoms with E-state index in [1.54, 1.807) is 19.1 Å². The molecule has 0 spiro atoms. The van der Waals surface area contributed by atoms with Crippen molar-refractivity contribution in [3.8, 4) is 11.4 Å². The first-order valence-electron chi connectivity index (χ1n) is 9.74. The van der Waals surface area contributed by atoms with Crippen LogP contribution in [0.15, 0.2) is 51.6 Å². The Morgan fingerprint density at radius 1 is 1.11 bits per heavy atom. The van der Waals surface area contributed by atoms with Crippen molar-refractivity contribution >= 4 is 11.6 Å². The summed E-state index contributed by atoms with van der Waals surface area (Å²) in [6, 6.07) is 11.1. The maximum Gasteiger partial charge on any atom is 0.287 e. The van der Waals surface area contributed by atoms with Crippen LogP contribution in [0, 0.1) is 0 Å². The zero-order chi connectivity index (χ0) is 19.3. The summed E-state index contributed by atoms with van der Waals surface area (Å²) in [5, 5.41) is 6.85. The predicted octanol–water partition coefficient (Wildman–Crippen LogP) is 4.20. The lowest BCUT2D eigenvalue weighted by molar-refractivity contribution is 0.0904. The van der Waals surface area contributed by atoms with Crippen LogP contribution in [0.2, 0.25) is 0 Å². The smallest absolute Gasteiger partial charge is 0.287 e. The number of amides is 1. The van der Waals surface area contributed by atoms with Gasteiger partial charge in [0.1, 0.15) is 6.04 Å². The van der Waals surface area contributed by atoms with Crippen LogP contribution in [0.3, 0.4) is 0 Å². The van der Waals surface area contributed by atoms with Gasteiger partial charge in [-0.25, -0.2) is 0 Å². The molecule has 0 bridgehead atoms. The second-order valence-corrected chi connectivity index (χ2v) is 7.08. The van der Waals surface area contributed by atoms with E-state index < -0.39 is 6.04 Å². The average Bonchev–Trinajstić information content (AvgIpc) is 3.36. The quantitative estimate of drug-likeness (QED) is 0.714. The fourth-order valence-corrected chi connectivity index (χ4v) is 3.42. The van der Waals surface area contributed by atoms with Gasteiger partial charge in [-0.3, -0.25) is 4.79 Å². The van der Waals surface area contributed by atoms with E-state index in [0.717, 1.165) is 18.7 Å². The van der Waals surface area contributed by atoms with Crippen molar-refractivity contribution in [2.45, 2.75) is 38.6 Å². The minimum absolute atomic E-state index is 0.246. The van der Waals surface area contributed by atoms with E-state index in [1.807, 2.05) is 12.1 Å². The van der Waals surface area contributed by atoms with Crippen LogP contribution in [-0.2, 0) is 0 Å². The van der Waals surface area contributed by atoms with Gasteiger partial charge >= 0.3 is 0 Å². The van der Waals surface area contributed by atoms with E-state index in [9.17, 15) is 4.79 Å². The van der Waals surface area contributed by atoms with Crippen LogP contribution in [0.1, 0.15) is 55.1 Å². The van der Waals surface area contributed by atoms with Crippen molar-refractivity contribution in [2.75, 3.05) is 18.0 Å². The van der Waals surface area contributed by atoms with Crippen molar-refractivity contribution in [1.29, 1.82) is 0 Å². The lowest BCUT2D eigenvalue weighted by Crippen LogP contribution is -2.26. The monoisotopic (exact) mass is 380 g/mol. The molecule has 1 aliphatic heterocycles. The van der Waals surface area contributed by atoms with Gasteiger partial charge in [0.25, 0.3) is 5.91 Å². The standard InChI is InChI=1S/C21H24N4O3/c1-15(22-20(26)18-7-6-14-27-18)21-23-19(24-28-21)16-8-10-17(11-9-16)25-12-4-2-3-5-13-25/h6-11,14-15H,2-5,12-13H2,1H3,(H,22,26)/t15-/m0/s1. The fourth-order valence-electron chi connectivity index (χ4n) is 3.42. The predicted molar refractivity (Wildman–Crippen MR) is 105 cm³/mol. The summed E-state index contributed by atoms with van der Waals surface area (Å²) in [5.74, 6) is 0.790. The van der Waals surface area contributed by atoms with Crippen LogP contribution in [0.4, 0.5) is 5.69 Å². The molecule has 1 amide bonds. The topological polar surface area (TPSA) is 84.4 Å². The van der Waals surface area contributed by atoms with Gasteiger partial charge in [0.05, 0.1) is 6.26 Å². The highest BCUT2D eigenvalue weighted by Crippen LogP contribution is 2.24. The number of hydrogen-bond acceptors (Lipinski definition) is 6. The van der Waals surface area contributed by atoms with Gasteiger partial charge in [0, 0.05) is 24.3 Å². The van der Waals surface area contributed by atoms with Crippen molar-refractivity contribution < 1.29 is 13.7 Å². The lowest BCUT2D eigenvalue weighted by Gasteiger charge is -2.22. The normalized spacial score (nSPS) is 15.8. The molecule has 0 unspecified atom stereocenters. The van der Waals surface area contributed by atoms with Gasteiger partial charge in [-0.2, -0.15) is 4.98 Å². The zero-order valence-corrected chi connectivity index (χ0v) is 15.9. The van der Waals surface area contributed by atoms with Gasteiger partial charge in [0.15, 0.2) is 5.76 Å². The molecule has 28 heavy (non-hydrogen) atoms. The molecule has 146 valence electrons. The molecule has 4 rings (SSSR count). The number of nitrogens with one attached hydrogen (secondary N) is 1. The summed E-state index contributed by atoms with van der Waals surface area (Å²) in [7, 11) is 0. The Kier molecular flexibility index (Phi) is 5.41. The van der Waals surface area contributed by atoms with Crippen molar-refractivity contribution in [2.24, 2.45) is 0 Å². The maximum atomic E-state index is 12.1. The summed E-state index contributed by atoms with van der Waals surface area (Å²) >= 11 is 0. The molecule has 3 heterocycles. The summed E-state index contributed by atoms with van der Waals surface area (Å²) < 4.78 is 10.4. The number of carbonyl (C=O) groups excluding carboxylic acids is 1. The van der Waals surface area contributed by atoms with E-state index in [2.05, 4.69) is 32.5 Å². The number of carbonyl (C=O) groups is 1. The first kappa shape index (κ1) is 18.3. The van der Waals surface area contributed by atoms with Gasteiger partial charge in [-0.05, 0) is 56.2 Å². The van der Waals surface area contributed by atoms with E-state index in [-0.39, 0.29) is 11.7 Å². The van der Waals surface area contributed by atoms with Crippen molar-refractivity contribution in [3.05, 3.63) is 54.3 Å². The summed E-state index contributed by atoms with van der Waals surface area (Å²) in [4.78, 5) is 18.9. The third-order valence-electron chi connectivity index (χ3n) is 5.00. The number of benzene rings is 1. The minimum atomic E-state index is -0.421. The molecule has 1 saturated heterocycles. The highest BCUT2D eigenvalue weighted by molar-refractivity contribution is 5.91. The summed E-state index contributed by atoms with van der Waals surface area (Å²) in [5.41, 5.74) is 2.12. The van der Waals surface area contributed by atoms with Gasteiger partial charge < -0.3 is 19.2 Å². The molecule has 0 aliphatic carbocycles. The molecule has 2 aromatic heterocycles. The Bertz CT molecular complexity index is 894. The van der Waals surface area contributed by atoms with E-state index in [0.29, 0.717) is 11.7 Å². The molecule has 0 radical (unpaired) electrons. The zero-order valence-electron chi connectivity index (χ0n) is 15.9. The van der Waals surface area contributed by atoms with Crippen LogP contribution < -0.4 is 10.2 Å². The molecule has 7 nitrogen and oxygen atoms in total. The van der Waals surface area contributed by atoms with E-state index in [4.69, 9.17) is 8.94 Å². The summed E-state index contributed by atoms with van der Waals surface area (Å²) in [6.07, 6.45) is 6.58. The van der Waals surface area contributed by atoms with Crippen LogP contribution in [-0.4, -0.2) is 29.1 Å². The Hall–Kier alpha value is -3.09. The van der Waals surface area contributed by atoms with Gasteiger partial charge in [-0.1, -0.05) is 18.0 Å². The van der Waals surface area contributed by atoms with Gasteiger partial charge in [-0.15, -0.1) is 0 Å². The third kappa shape index (κ3) is 4.08. The number of hydrogen-bond donors (Lipinski definition) is 1. The second kappa shape index (κ2) is 8.29. The molecule has 7 heteroatoms. The Labute approximate surface area is 163 Å². The average molecular weight is 380 g/mol. The van der Waals surface area contributed by atoms with Crippen LogP contribution in [0.25, 0.3) is 11.4 Å². The molecular weight excluding hydrogens is 356 g/mol. The first-order valence-corrected chi connectivity index (χ1v) is 9.74. The number of nitrogens with zero attached hydrogens (tertiary/aromatic N) is 3. The van der Waals surface area contributed by atoms with Crippen LogP contribution >= 0.6 is 0 Å². The van der Waals surface area contributed by atoms with Crippen molar-refractivity contribution in [1.82, 2.24) is 15.5 Å². The first-order chi connectivity index (χ1) is 13.7. The minimum Gasteiger partial charge on any atom is -0.459 e. The molecule has 3 aromatic rings. The lowest BCUT2D eigenvalue weighted by atomic mass is 10.2. The number of rotatable bonds is 5. The highest BCUT2D eigenvalue weighted by Gasteiger charge is 2.19. The molecular formula is C21H24N4O3. The fraction of sp³-hybridized carbons (Fsp3) is 0.381. The third-order valence-corrected chi connectivity index (χ3v) is 5.00. The number of furan rings is 1. The van der Waals surface area contributed by atoms with Gasteiger partial charge in [0.2, 0.25) is 11.7 Å². The summed E-state index contributed by atoms with van der Waals surface area (Å²) in [6.45, 7) is 4.01. The van der Waals surface area contributed by atoms with Crippen LogP contribution in [0.5, 0.6) is 0 Å². The Morgan fingerprint density at radius 2 is 1.86 bits per heavy atom. The molecule has 1 aliphatic rings. The van der Waals surface area contributed by atoms with E-state index >= 15 is 0 Å². The molecule has 1 atom stereocenters. The SMILES string of the molecule is C[C@H](NC(=O)c1ccco1)c1nc(-c2ccc(N3CCCCCC3)cc2)no1. The Balaban J connectivity index is 1.42. The molecule has 0 saturated carbocycles.